The van der Waals surface area contributed by atoms with Gasteiger partial charge in [0.25, 0.3) is 0 Å². The molecule has 1 fully saturated rings. The summed E-state index contributed by atoms with van der Waals surface area (Å²) in [4.78, 5) is 0. The molecular weight excluding hydrogens is 249 g/mol. The highest BCUT2D eigenvalue weighted by Crippen LogP contribution is 2.34. The van der Waals surface area contributed by atoms with Crippen molar-refractivity contribution in [2.45, 2.75) is 12.8 Å². The zero-order chi connectivity index (χ0) is 10.1. The van der Waals surface area contributed by atoms with E-state index in [1.807, 2.05) is 0 Å². The third kappa shape index (κ3) is 2.18. The van der Waals surface area contributed by atoms with Crippen LogP contribution in [0, 0.1) is 11.7 Å². The molecule has 2 nitrogen and oxygen atoms in total. The first-order valence-corrected chi connectivity index (χ1v) is 5.33. The molecule has 0 heterocycles. The molecule has 0 aliphatic heterocycles. The van der Waals surface area contributed by atoms with E-state index in [0.717, 1.165) is 0 Å². The maximum absolute atomic E-state index is 13.3. The number of hydrogen-bond donors (Lipinski definition) is 1. The quantitative estimate of drug-likeness (QED) is 0.848. The smallest absolute Gasteiger partial charge is 0.169 e. The largest absolute Gasteiger partial charge is 0.489 e. The minimum atomic E-state index is -0.405. The van der Waals surface area contributed by atoms with Gasteiger partial charge in [-0.3, -0.25) is 0 Å². The van der Waals surface area contributed by atoms with E-state index < -0.39 is 5.82 Å². The van der Waals surface area contributed by atoms with Crippen LogP contribution in [-0.4, -0.2) is 6.61 Å². The van der Waals surface area contributed by atoms with Crippen LogP contribution in [0.15, 0.2) is 16.6 Å². The molecule has 0 amide bonds. The molecule has 2 N–H and O–H groups in total. The normalized spacial score (nSPS) is 15.6. The average molecular weight is 260 g/mol. The molecule has 0 unspecified atom stereocenters. The van der Waals surface area contributed by atoms with Gasteiger partial charge in [0.05, 0.1) is 11.1 Å². The molecule has 4 heteroatoms. The summed E-state index contributed by atoms with van der Waals surface area (Å²) >= 11 is 3.22. The fraction of sp³-hybridized carbons (Fsp3) is 0.400. The van der Waals surface area contributed by atoms with E-state index in [9.17, 15) is 4.39 Å². The van der Waals surface area contributed by atoms with Crippen LogP contribution in [0.2, 0.25) is 0 Å². The van der Waals surface area contributed by atoms with Crippen molar-refractivity contribution in [3.63, 3.8) is 0 Å². The van der Waals surface area contributed by atoms with Gasteiger partial charge in [-0.1, -0.05) is 0 Å². The van der Waals surface area contributed by atoms with E-state index in [0.29, 0.717) is 22.7 Å². The van der Waals surface area contributed by atoms with Crippen molar-refractivity contribution in [2.24, 2.45) is 5.92 Å². The van der Waals surface area contributed by atoms with Gasteiger partial charge in [-0.15, -0.1) is 0 Å². The van der Waals surface area contributed by atoms with Crippen molar-refractivity contribution in [3.8, 4) is 5.75 Å². The third-order valence-electron chi connectivity index (χ3n) is 2.18. The first-order chi connectivity index (χ1) is 6.66. The van der Waals surface area contributed by atoms with Crippen molar-refractivity contribution in [3.05, 3.63) is 22.4 Å². The Morgan fingerprint density at radius 2 is 2.21 bits per heavy atom. The van der Waals surface area contributed by atoms with Crippen LogP contribution in [0.25, 0.3) is 0 Å². The summed E-state index contributed by atoms with van der Waals surface area (Å²) in [5.41, 5.74) is 5.87. The second-order valence-electron chi connectivity index (χ2n) is 3.57. The lowest BCUT2D eigenvalue weighted by molar-refractivity contribution is 0.283. The molecule has 0 bridgehead atoms. The second-order valence-corrected chi connectivity index (χ2v) is 4.42. The minimum Gasteiger partial charge on any atom is -0.489 e. The number of anilines is 1. The molecular formula is C10H11BrFNO. The van der Waals surface area contributed by atoms with Gasteiger partial charge in [0.15, 0.2) is 11.6 Å². The van der Waals surface area contributed by atoms with Gasteiger partial charge in [0.2, 0.25) is 0 Å². The highest BCUT2D eigenvalue weighted by molar-refractivity contribution is 9.10. The van der Waals surface area contributed by atoms with E-state index in [-0.39, 0.29) is 5.75 Å². The average Bonchev–Trinajstić information content (AvgIpc) is 2.85. The van der Waals surface area contributed by atoms with Gasteiger partial charge in [-0.25, -0.2) is 4.39 Å². The topological polar surface area (TPSA) is 35.2 Å². The predicted molar refractivity (Wildman–Crippen MR) is 56.7 cm³/mol. The Balaban J connectivity index is 2.13. The summed E-state index contributed by atoms with van der Waals surface area (Å²) in [6.07, 6.45) is 2.38. The fourth-order valence-corrected chi connectivity index (χ4v) is 1.77. The number of benzene rings is 1. The summed E-state index contributed by atoms with van der Waals surface area (Å²) in [6.45, 7) is 0.597. The lowest BCUT2D eigenvalue weighted by Crippen LogP contribution is -2.02. The first kappa shape index (κ1) is 9.77. The number of nitrogen functional groups attached to an aromatic ring is 1. The third-order valence-corrected chi connectivity index (χ3v) is 2.77. The van der Waals surface area contributed by atoms with E-state index in [4.69, 9.17) is 10.5 Å². The first-order valence-electron chi connectivity index (χ1n) is 4.54. The minimum absolute atomic E-state index is 0.270. The van der Waals surface area contributed by atoms with Crippen molar-refractivity contribution < 1.29 is 9.13 Å². The highest BCUT2D eigenvalue weighted by atomic mass is 79.9. The van der Waals surface area contributed by atoms with Crippen LogP contribution in [0.3, 0.4) is 0 Å². The van der Waals surface area contributed by atoms with E-state index in [2.05, 4.69) is 15.9 Å². The maximum Gasteiger partial charge on any atom is 0.169 e. The SMILES string of the molecule is Nc1cc(F)c(OCC2CC2)c(Br)c1. The van der Waals surface area contributed by atoms with Gasteiger partial charge >= 0.3 is 0 Å². The number of rotatable bonds is 3. The van der Waals surface area contributed by atoms with Crippen molar-refractivity contribution in [1.29, 1.82) is 0 Å². The zero-order valence-electron chi connectivity index (χ0n) is 7.59. The summed E-state index contributed by atoms with van der Waals surface area (Å²) in [6, 6.07) is 2.91. The van der Waals surface area contributed by atoms with E-state index >= 15 is 0 Å². The molecule has 0 saturated heterocycles. The lowest BCUT2D eigenvalue weighted by Gasteiger charge is -2.09. The van der Waals surface area contributed by atoms with Crippen LogP contribution in [-0.2, 0) is 0 Å². The Hall–Kier alpha value is -0.770. The van der Waals surface area contributed by atoms with Gasteiger partial charge in [0, 0.05) is 11.8 Å². The predicted octanol–water partition coefficient (Wildman–Crippen LogP) is 2.96. The molecule has 1 aliphatic rings. The summed E-state index contributed by atoms with van der Waals surface area (Å²) in [5, 5.41) is 0. The van der Waals surface area contributed by atoms with Crippen molar-refractivity contribution in [2.75, 3.05) is 12.3 Å². The zero-order valence-corrected chi connectivity index (χ0v) is 9.18. The van der Waals surface area contributed by atoms with Crippen LogP contribution >= 0.6 is 15.9 Å². The van der Waals surface area contributed by atoms with E-state index in [1.54, 1.807) is 6.07 Å². The highest BCUT2D eigenvalue weighted by Gasteiger charge is 2.23. The molecule has 0 aromatic heterocycles. The lowest BCUT2D eigenvalue weighted by atomic mass is 10.3. The Morgan fingerprint density at radius 1 is 1.50 bits per heavy atom. The van der Waals surface area contributed by atoms with Gasteiger partial charge in [0.1, 0.15) is 0 Å². The molecule has 1 aliphatic carbocycles. The Morgan fingerprint density at radius 3 is 2.79 bits per heavy atom. The van der Waals surface area contributed by atoms with E-state index in [1.165, 1.54) is 18.9 Å². The second kappa shape index (κ2) is 3.77. The van der Waals surface area contributed by atoms with Crippen molar-refractivity contribution >= 4 is 21.6 Å². The van der Waals surface area contributed by atoms with Crippen LogP contribution in [0.4, 0.5) is 10.1 Å². The standard InChI is InChI=1S/C10H11BrFNO/c11-8-3-7(13)4-9(12)10(8)14-5-6-1-2-6/h3-4,6H,1-2,5,13H2. The molecule has 0 atom stereocenters. The monoisotopic (exact) mass is 259 g/mol. The molecule has 1 saturated carbocycles. The summed E-state index contributed by atoms with van der Waals surface area (Å²) in [5.74, 6) is 0.475. The number of hydrogen-bond acceptors (Lipinski definition) is 2. The molecule has 0 radical (unpaired) electrons. The number of nitrogens with two attached hydrogens (primary N) is 1. The van der Waals surface area contributed by atoms with Gasteiger partial charge in [-0.2, -0.15) is 0 Å². The molecule has 1 aromatic carbocycles. The number of halogens is 2. The van der Waals surface area contributed by atoms with Gasteiger partial charge in [-0.05, 0) is 40.8 Å². The molecule has 14 heavy (non-hydrogen) atoms. The molecule has 2 rings (SSSR count). The maximum atomic E-state index is 13.3. The molecule has 76 valence electrons. The van der Waals surface area contributed by atoms with Crippen LogP contribution in [0.5, 0.6) is 5.75 Å². The summed E-state index contributed by atoms with van der Waals surface area (Å²) < 4.78 is 19.3. The fourth-order valence-electron chi connectivity index (χ4n) is 1.20. The molecule has 1 aromatic rings. The van der Waals surface area contributed by atoms with Gasteiger partial charge < -0.3 is 10.5 Å². The molecule has 0 spiro atoms. The Labute approximate surface area is 90.4 Å². The summed E-state index contributed by atoms with van der Waals surface area (Å²) in [7, 11) is 0. The Kier molecular flexibility index (Phi) is 2.63. The van der Waals surface area contributed by atoms with Crippen molar-refractivity contribution in [1.82, 2.24) is 0 Å². The van der Waals surface area contributed by atoms with Crippen LogP contribution < -0.4 is 10.5 Å². The Bertz CT molecular complexity index is 329. The number of ether oxygens (including phenoxy) is 1. The van der Waals surface area contributed by atoms with Crippen LogP contribution in [0.1, 0.15) is 12.8 Å².